The summed E-state index contributed by atoms with van der Waals surface area (Å²) in [6.07, 6.45) is 3.41. The molecular formula is C18H16Cl2N4O2. The van der Waals surface area contributed by atoms with E-state index >= 15 is 0 Å². The Hall–Kier alpha value is -1.89. The van der Waals surface area contributed by atoms with Crippen molar-refractivity contribution in [2.45, 2.75) is 24.9 Å². The van der Waals surface area contributed by atoms with Crippen molar-refractivity contribution in [1.29, 1.82) is 0 Å². The van der Waals surface area contributed by atoms with Gasteiger partial charge in [0, 0.05) is 11.6 Å². The molecule has 5 rings (SSSR count). The van der Waals surface area contributed by atoms with Crippen LogP contribution in [0, 0.1) is 0 Å². The summed E-state index contributed by atoms with van der Waals surface area (Å²) in [5.74, 6) is 0.717. The van der Waals surface area contributed by atoms with E-state index in [0.29, 0.717) is 36.3 Å². The Bertz CT molecular complexity index is 907. The number of morpholine rings is 1. The maximum atomic E-state index is 13.4. The lowest BCUT2D eigenvalue weighted by Gasteiger charge is -2.45. The Morgan fingerprint density at radius 1 is 1.23 bits per heavy atom. The maximum Gasteiger partial charge on any atom is 0.252 e. The van der Waals surface area contributed by atoms with Crippen molar-refractivity contribution in [2.75, 3.05) is 29.6 Å². The van der Waals surface area contributed by atoms with Crippen LogP contribution in [-0.4, -0.2) is 41.7 Å². The molecule has 1 aromatic carbocycles. The zero-order chi connectivity index (χ0) is 17.8. The number of hydrogen-bond acceptors (Lipinski definition) is 5. The van der Waals surface area contributed by atoms with Gasteiger partial charge in [-0.05, 0) is 47.7 Å². The number of hydrogen-bond donors (Lipinski definition) is 0. The van der Waals surface area contributed by atoms with Gasteiger partial charge in [-0.3, -0.25) is 9.69 Å². The molecule has 1 fully saturated rings. The molecule has 1 saturated heterocycles. The van der Waals surface area contributed by atoms with Crippen molar-refractivity contribution in [3.63, 3.8) is 0 Å². The highest BCUT2D eigenvalue weighted by Crippen LogP contribution is 2.45. The van der Waals surface area contributed by atoms with Crippen molar-refractivity contribution in [3.05, 3.63) is 45.8 Å². The fourth-order valence-corrected chi connectivity index (χ4v) is 4.52. The van der Waals surface area contributed by atoms with Crippen molar-refractivity contribution < 1.29 is 9.53 Å². The number of nitrogens with zero attached hydrogens (tertiary/aromatic N) is 4. The van der Waals surface area contributed by atoms with Crippen LogP contribution in [0.15, 0.2) is 24.4 Å². The van der Waals surface area contributed by atoms with Gasteiger partial charge < -0.3 is 9.64 Å². The number of anilines is 2. The maximum absolute atomic E-state index is 13.4. The fourth-order valence-electron chi connectivity index (χ4n) is 4.21. The molecule has 2 aliphatic heterocycles. The van der Waals surface area contributed by atoms with E-state index in [2.05, 4.69) is 9.97 Å². The molecule has 2 aromatic rings. The summed E-state index contributed by atoms with van der Waals surface area (Å²) in [4.78, 5) is 25.7. The molecule has 8 heteroatoms. The number of carbonyl (C=O) groups excluding carboxylic acids is 1. The van der Waals surface area contributed by atoms with Gasteiger partial charge in [0.05, 0.1) is 25.5 Å². The quantitative estimate of drug-likeness (QED) is 0.700. The summed E-state index contributed by atoms with van der Waals surface area (Å²) < 4.78 is 5.57. The predicted molar refractivity (Wildman–Crippen MR) is 99.0 cm³/mol. The van der Waals surface area contributed by atoms with Crippen LogP contribution in [-0.2, 0) is 16.0 Å². The van der Waals surface area contributed by atoms with Crippen molar-refractivity contribution in [2.24, 2.45) is 0 Å². The number of ether oxygens (including phenoxy) is 1. The lowest BCUT2D eigenvalue weighted by molar-refractivity contribution is -0.123. The van der Waals surface area contributed by atoms with Gasteiger partial charge in [0.2, 0.25) is 5.28 Å². The van der Waals surface area contributed by atoms with Crippen LogP contribution in [0.25, 0.3) is 0 Å². The van der Waals surface area contributed by atoms with Crippen molar-refractivity contribution in [1.82, 2.24) is 9.97 Å². The highest BCUT2D eigenvalue weighted by atomic mass is 35.5. The van der Waals surface area contributed by atoms with Crippen LogP contribution in [0.2, 0.25) is 10.3 Å². The first kappa shape index (κ1) is 16.3. The first-order chi connectivity index (χ1) is 12.6. The predicted octanol–water partition coefficient (Wildman–Crippen LogP) is 3.02. The molecule has 2 unspecified atom stereocenters. The number of carbonyl (C=O) groups is 1. The van der Waals surface area contributed by atoms with Gasteiger partial charge in [-0.2, -0.15) is 4.98 Å². The molecule has 134 valence electrons. The number of halogens is 2. The molecule has 0 saturated carbocycles. The molecule has 26 heavy (non-hydrogen) atoms. The zero-order valence-corrected chi connectivity index (χ0v) is 15.4. The average molecular weight is 391 g/mol. The van der Waals surface area contributed by atoms with Gasteiger partial charge in [-0.1, -0.05) is 17.7 Å². The van der Waals surface area contributed by atoms with Gasteiger partial charge in [0.15, 0.2) is 5.82 Å². The largest absolute Gasteiger partial charge is 0.377 e. The SMILES string of the molecule is O=C1C2COCCN2c2nc(Cl)ncc2N1C1CCc2ccc(Cl)cc21. The standard InChI is InChI=1S/C18H16Cl2N4O2/c19-11-3-1-10-2-4-13(12(10)7-11)24-14-8-21-18(20)22-16(14)23-5-6-26-9-15(23)17(24)25/h1,3,7-8,13,15H,2,4-6,9H2. The second-order valence-electron chi connectivity index (χ2n) is 6.74. The molecule has 1 amide bonds. The Labute approximate surface area is 160 Å². The Morgan fingerprint density at radius 2 is 2.12 bits per heavy atom. The van der Waals surface area contributed by atoms with Gasteiger partial charge >= 0.3 is 0 Å². The third-order valence-corrected chi connectivity index (χ3v) is 5.79. The van der Waals surface area contributed by atoms with Gasteiger partial charge in [-0.15, -0.1) is 0 Å². The van der Waals surface area contributed by atoms with Crippen molar-refractivity contribution >= 4 is 40.6 Å². The summed E-state index contributed by atoms with van der Waals surface area (Å²) in [7, 11) is 0. The molecule has 0 spiro atoms. The number of aromatic nitrogens is 2. The number of benzene rings is 1. The first-order valence-corrected chi connectivity index (χ1v) is 9.37. The topological polar surface area (TPSA) is 58.6 Å². The van der Waals surface area contributed by atoms with Gasteiger partial charge in [0.1, 0.15) is 11.7 Å². The zero-order valence-electron chi connectivity index (χ0n) is 13.9. The highest BCUT2D eigenvalue weighted by Gasteiger charge is 2.45. The van der Waals surface area contributed by atoms with Crippen LogP contribution in [0.3, 0.4) is 0 Å². The highest BCUT2D eigenvalue weighted by molar-refractivity contribution is 6.30. The third-order valence-electron chi connectivity index (χ3n) is 5.37. The van der Waals surface area contributed by atoms with E-state index in [1.807, 2.05) is 28.0 Å². The van der Waals surface area contributed by atoms with E-state index < -0.39 is 0 Å². The van der Waals surface area contributed by atoms with E-state index in [1.54, 1.807) is 6.20 Å². The monoisotopic (exact) mass is 390 g/mol. The van der Waals surface area contributed by atoms with Crippen LogP contribution >= 0.6 is 23.2 Å². The molecule has 1 aromatic heterocycles. The first-order valence-electron chi connectivity index (χ1n) is 8.62. The van der Waals surface area contributed by atoms with E-state index in [-0.39, 0.29) is 23.3 Å². The second kappa shape index (κ2) is 6.08. The summed E-state index contributed by atoms with van der Waals surface area (Å²) in [5, 5.41) is 0.855. The molecule has 0 bridgehead atoms. The van der Waals surface area contributed by atoms with Gasteiger partial charge in [0.25, 0.3) is 5.91 Å². The van der Waals surface area contributed by atoms with Crippen molar-refractivity contribution in [3.8, 4) is 0 Å². The molecule has 0 radical (unpaired) electrons. The van der Waals surface area contributed by atoms with Crippen LogP contribution in [0.1, 0.15) is 23.6 Å². The molecule has 2 atom stereocenters. The summed E-state index contributed by atoms with van der Waals surface area (Å²) >= 11 is 12.3. The molecule has 0 N–H and O–H groups in total. The van der Waals surface area contributed by atoms with E-state index in [1.165, 1.54) is 5.56 Å². The smallest absolute Gasteiger partial charge is 0.252 e. The Morgan fingerprint density at radius 3 is 3.00 bits per heavy atom. The lowest BCUT2D eigenvalue weighted by atomic mass is 10.0. The summed E-state index contributed by atoms with van der Waals surface area (Å²) in [5.41, 5.74) is 3.03. The fraction of sp³-hybridized carbons (Fsp3) is 0.389. The van der Waals surface area contributed by atoms with Crippen LogP contribution in [0.5, 0.6) is 0 Å². The summed E-state index contributed by atoms with van der Waals surface area (Å²) in [6, 6.07) is 5.44. The minimum absolute atomic E-state index is 0.0148. The van der Waals surface area contributed by atoms with E-state index in [4.69, 9.17) is 27.9 Å². The minimum atomic E-state index is -0.384. The van der Waals surface area contributed by atoms with Crippen LogP contribution in [0.4, 0.5) is 11.5 Å². The molecule has 3 heterocycles. The van der Waals surface area contributed by atoms with E-state index in [0.717, 1.165) is 18.4 Å². The average Bonchev–Trinajstić information content (AvgIpc) is 3.05. The second-order valence-corrected chi connectivity index (χ2v) is 7.51. The van der Waals surface area contributed by atoms with E-state index in [9.17, 15) is 4.79 Å². The van der Waals surface area contributed by atoms with Crippen LogP contribution < -0.4 is 9.80 Å². The third kappa shape index (κ3) is 2.40. The number of amides is 1. The normalized spacial score (nSPS) is 24.3. The summed E-state index contributed by atoms with van der Waals surface area (Å²) in [6.45, 7) is 1.52. The number of fused-ring (bicyclic) bond motifs is 4. The number of rotatable bonds is 1. The molecule has 3 aliphatic rings. The molecular weight excluding hydrogens is 375 g/mol. The minimum Gasteiger partial charge on any atom is -0.377 e. The molecule has 1 aliphatic carbocycles. The number of aryl methyl sites for hydroxylation is 1. The lowest BCUT2D eigenvalue weighted by Crippen LogP contribution is -2.59. The Balaban J connectivity index is 1.65. The molecule has 6 nitrogen and oxygen atoms in total. The van der Waals surface area contributed by atoms with Gasteiger partial charge in [-0.25, -0.2) is 4.98 Å². The Kier molecular flexibility index (Phi) is 3.81.